The molecule has 2 aromatic rings. The molecule has 0 unspecified atom stereocenters. The Bertz CT molecular complexity index is 1010. The number of carbonyl (C=O) groups excluding carboxylic acids is 2. The van der Waals surface area contributed by atoms with Gasteiger partial charge in [-0.25, -0.2) is 9.59 Å². The quantitative estimate of drug-likeness (QED) is 0.392. The molecule has 0 spiro atoms. The molecule has 28 heavy (non-hydrogen) atoms. The van der Waals surface area contributed by atoms with Crippen LogP contribution < -0.4 is 8.92 Å². The summed E-state index contributed by atoms with van der Waals surface area (Å²) in [4.78, 5) is 22.6. The predicted molar refractivity (Wildman–Crippen MR) is 99.6 cm³/mol. The maximum absolute atomic E-state index is 12.6. The highest BCUT2D eigenvalue weighted by atomic mass is 32.2. The zero-order valence-electron chi connectivity index (χ0n) is 15.4. The third-order valence-electron chi connectivity index (χ3n) is 3.54. The number of ether oxygens (including phenoxy) is 3. The second-order valence-electron chi connectivity index (χ2n) is 5.32. The first-order valence-corrected chi connectivity index (χ1v) is 9.28. The number of benzene rings is 2. The summed E-state index contributed by atoms with van der Waals surface area (Å²) in [6.45, 7) is 0. The Morgan fingerprint density at radius 2 is 1.68 bits per heavy atom. The molecular formula is C19H18O8S. The SMILES string of the molecule is COC(=O)/C=C/c1ccc(OS(=O)(=O)c2cccc(C(=O)OC)c2)c(OC)c1. The molecule has 0 bridgehead atoms. The van der Waals surface area contributed by atoms with Crippen molar-refractivity contribution in [3.63, 3.8) is 0 Å². The average molecular weight is 406 g/mol. The Morgan fingerprint density at radius 3 is 2.32 bits per heavy atom. The molecule has 0 amide bonds. The average Bonchev–Trinajstić information content (AvgIpc) is 2.71. The fourth-order valence-electron chi connectivity index (χ4n) is 2.15. The maximum Gasteiger partial charge on any atom is 0.339 e. The Balaban J connectivity index is 2.32. The van der Waals surface area contributed by atoms with E-state index < -0.39 is 22.1 Å². The summed E-state index contributed by atoms with van der Waals surface area (Å²) in [6.07, 6.45) is 2.69. The first-order valence-electron chi connectivity index (χ1n) is 7.87. The first kappa shape index (κ1) is 21.0. The summed E-state index contributed by atoms with van der Waals surface area (Å²) in [5.74, 6) is -1.12. The van der Waals surface area contributed by atoms with Crippen molar-refractivity contribution in [3.8, 4) is 11.5 Å². The molecule has 0 aromatic heterocycles. The zero-order valence-corrected chi connectivity index (χ0v) is 16.2. The van der Waals surface area contributed by atoms with Crippen LogP contribution in [0.25, 0.3) is 6.08 Å². The molecule has 148 valence electrons. The summed E-state index contributed by atoms with van der Waals surface area (Å²) < 4.78 is 44.6. The minimum atomic E-state index is -4.23. The topological polar surface area (TPSA) is 105 Å². The Labute approximate surface area is 162 Å². The third kappa shape index (κ3) is 5.10. The number of methoxy groups -OCH3 is 3. The van der Waals surface area contributed by atoms with Crippen LogP contribution in [0.4, 0.5) is 0 Å². The van der Waals surface area contributed by atoms with Gasteiger partial charge in [0.25, 0.3) is 0 Å². The molecule has 0 aliphatic carbocycles. The molecule has 0 N–H and O–H groups in total. The second kappa shape index (κ2) is 9.05. The molecule has 0 atom stereocenters. The second-order valence-corrected chi connectivity index (χ2v) is 6.87. The molecule has 0 saturated heterocycles. The lowest BCUT2D eigenvalue weighted by Crippen LogP contribution is -2.12. The predicted octanol–water partition coefficient (Wildman–Crippen LogP) is 2.44. The smallest absolute Gasteiger partial charge is 0.339 e. The fourth-order valence-corrected chi connectivity index (χ4v) is 3.14. The van der Waals surface area contributed by atoms with Crippen molar-refractivity contribution < 1.29 is 36.4 Å². The highest BCUT2D eigenvalue weighted by Crippen LogP contribution is 2.31. The van der Waals surface area contributed by atoms with E-state index in [1.807, 2.05) is 0 Å². The number of esters is 2. The summed E-state index contributed by atoms with van der Waals surface area (Å²) in [5, 5.41) is 0. The fraction of sp³-hybridized carbons (Fsp3) is 0.158. The van der Waals surface area contributed by atoms with Crippen LogP contribution in [0.5, 0.6) is 11.5 Å². The van der Waals surface area contributed by atoms with Crippen LogP contribution in [-0.2, 0) is 24.4 Å². The van der Waals surface area contributed by atoms with Gasteiger partial charge in [0.05, 0.1) is 26.9 Å². The molecule has 8 nitrogen and oxygen atoms in total. The summed E-state index contributed by atoms with van der Waals surface area (Å²) in [7, 11) is -0.435. The molecule has 0 saturated carbocycles. The van der Waals surface area contributed by atoms with Crippen LogP contribution >= 0.6 is 0 Å². The van der Waals surface area contributed by atoms with E-state index in [4.69, 9.17) is 8.92 Å². The molecule has 9 heteroatoms. The molecule has 2 rings (SSSR count). The third-order valence-corrected chi connectivity index (χ3v) is 4.77. The van der Waals surface area contributed by atoms with Crippen molar-refractivity contribution in [3.05, 3.63) is 59.7 Å². The maximum atomic E-state index is 12.6. The first-order chi connectivity index (χ1) is 13.3. The van der Waals surface area contributed by atoms with E-state index in [1.54, 1.807) is 0 Å². The largest absolute Gasteiger partial charge is 0.493 e. The van der Waals surface area contributed by atoms with Gasteiger partial charge in [-0.15, -0.1) is 0 Å². The normalized spacial score (nSPS) is 11.1. The van der Waals surface area contributed by atoms with Crippen LogP contribution in [-0.4, -0.2) is 41.7 Å². The van der Waals surface area contributed by atoms with Gasteiger partial charge in [-0.3, -0.25) is 0 Å². The Hall–Kier alpha value is -3.33. The van der Waals surface area contributed by atoms with E-state index >= 15 is 0 Å². The minimum Gasteiger partial charge on any atom is -0.493 e. The molecule has 2 aromatic carbocycles. The van der Waals surface area contributed by atoms with E-state index in [-0.39, 0.29) is 22.0 Å². The summed E-state index contributed by atoms with van der Waals surface area (Å²) in [6, 6.07) is 9.70. The molecule has 0 radical (unpaired) electrons. The van der Waals surface area contributed by atoms with Gasteiger partial charge in [0.2, 0.25) is 0 Å². The lowest BCUT2D eigenvalue weighted by molar-refractivity contribution is -0.134. The van der Waals surface area contributed by atoms with Gasteiger partial charge < -0.3 is 18.4 Å². The van der Waals surface area contributed by atoms with Gasteiger partial charge in [0, 0.05) is 6.08 Å². The van der Waals surface area contributed by atoms with Gasteiger partial charge in [-0.1, -0.05) is 12.1 Å². The minimum absolute atomic E-state index is 0.0545. The zero-order chi connectivity index (χ0) is 20.7. The monoisotopic (exact) mass is 406 g/mol. The van der Waals surface area contributed by atoms with Gasteiger partial charge in [0.1, 0.15) is 4.90 Å². The molecule has 0 aliphatic heterocycles. The standard InChI is InChI=1S/C19H18O8S/c1-24-17-11-13(8-10-18(20)25-2)7-9-16(17)27-28(22,23)15-6-4-5-14(12-15)19(21)26-3/h4-12H,1-3H3/b10-8+. The number of hydrogen-bond acceptors (Lipinski definition) is 8. The number of hydrogen-bond donors (Lipinski definition) is 0. The van der Waals surface area contributed by atoms with Crippen molar-refractivity contribution in [1.29, 1.82) is 0 Å². The Morgan fingerprint density at radius 1 is 0.929 bits per heavy atom. The van der Waals surface area contributed by atoms with Crippen molar-refractivity contribution >= 4 is 28.1 Å². The molecule has 0 heterocycles. The lowest BCUT2D eigenvalue weighted by Gasteiger charge is -2.12. The van der Waals surface area contributed by atoms with E-state index in [0.29, 0.717) is 5.56 Å². The van der Waals surface area contributed by atoms with Crippen LogP contribution in [0.1, 0.15) is 15.9 Å². The van der Waals surface area contributed by atoms with Gasteiger partial charge in [-0.05, 0) is 42.0 Å². The molecule has 0 aliphatic rings. The lowest BCUT2D eigenvalue weighted by atomic mass is 10.2. The highest BCUT2D eigenvalue weighted by Gasteiger charge is 2.21. The summed E-state index contributed by atoms with van der Waals surface area (Å²) >= 11 is 0. The number of carbonyl (C=O) groups is 2. The van der Waals surface area contributed by atoms with Crippen molar-refractivity contribution in [2.24, 2.45) is 0 Å². The van der Waals surface area contributed by atoms with E-state index in [1.165, 1.54) is 69.9 Å². The Kier molecular flexibility index (Phi) is 6.78. The van der Waals surface area contributed by atoms with Gasteiger partial charge in [0.15, 0.2) is 11.5 Å². The van der Waals surface area contributed by atoms with E-state index in [2.05, 4.69) is 9.47 Å². The van der Waals surface area contributed by atoms with Crippen molar-refractivity contribution in [1.82, 2.24) is 0 Å². The highest BCUT2D eigenvalue weighted by molar-refractivity contribution is 7.87. The van der Waals surface area contributed by atoms with Crippen molar-refractivity contribution in [2.75, 3.05) is 21.3 Å². The van der Waals surface area contributed by atoms with E-state index in [0.717, 1.165) is 6.07 Å². The summed E-state index contributed by atoms with van der Waals surface area (Å²) in [5.41, 5.74) is 0.641. The van der Waals surface area contributed by atoms with Crippen molar-refractivity contribution in [2.45, 2.75) is 4.90 Å². The van der Waals surface area contributed by atoms with Crippen LogP contribution in [0.3, 0.4) is 0 Å². The van der Waals surface area contributed by atoms with E-state index in [9.17, 15) is 18.0 Å². The van der Waals surface area contributed by atoms with Crippen LogP contribution in [0.2, 0.25) is 0 Å². The van der Waals surface area contributed by atoms with Crippen LogP contribution in [0, 0.1) is 0 Å². The number of rotatable bonds is 7. The van der Waals surface area contributed by atoms with Crippen LogP contribution in [0.15, 0.2) is 53.4 Å². The van der Waals surface area contributed by atoms with Gasteiger partial charge in [-0.2, -0.15) is 8.42 Å². The molecular weight excluding hydrogens is 388 g/mol. The molecule has 0 fully saturated rings. The van der Waals surface area contributed by atoms with Gasteiger partial charge >= 0.3 is 22.1 Å².